The summed E-state index contributed by atoms with van der Waals surface area (Å²) in [6.07, 6.45) is 1.32. The Morgan fingerprint density at radius 2 is 1.97 bits per heavy atom. The average Bonchev–Trinajstić information content (AvgIpc) is 3.13. The van der Waals surface area contributed by atoms with Gasteiger partial charge in [-0.2, -0.15) is 0 Å². The van der Waals surface area contributed by atoms with Crippen LogP contribution in [0.2, 0.25) is 5.02 Å². The number of ether oxygens (including phenoxy) is 1. The van der Waals surface area contributed by atoms with Crippen molar-refractivity contribution in [2.24, 2.45) is 0 Å². The Morgan fingerprint density at radius 3 is 2.67 bits per heavy atom. The highest BCUT2D eigenvalue weighted by Crippen LogP contribution is 2.29. The number of hydrogen-bond donors (Lipinski definition) is 1. The van der Waals surface area contributed by atoms with Crippen molar-refractivity contribution in [2.75, 3.05) is 13.7 Å². The molecule has 1 heterocycles. The molecule has 8 heteroatoms. The third-order valence-corrected chi connectivity index (χ3v) is 5.77. The standard InChI is InChI=1S/C22H19ClFNO4S/c1-29-22(28)19(26)11-21(27)25(9-8-14-2-5-17(24)6-3-14)12-15-13-30-20-7-4-16(23)10-18(15)20/h2-7,10-11,13,26H,8-9,12H2,1H3. The van der Waals surface area contributed by atoms with Gasteiger partial charge in [-0.3, -0.25) is 4.79 Å². The first-order chi connectivity index (χ1) is 14.4. The number of halogens is 2. The van der Waals surface area contributed by atoms with Crippen LogP contribution in [0.5, 0.6) is 0 Å². The van der Waals surface area contributed by atoms with E-state index in [2.05, 4.69) is 4.74 Å². The Labute approximate surface area is 181 Å². The number of aliphatic hydroxyl groups excluding tert-OH is 1. The number of rotatable bonds is 7. The summed E-state index contributed by atoms with van der Waals surface area (Å²) in [5.41, 5.74) is 1.75. The Hall–Kier alpha value is -2.90. The molecule has 0 aliphatic heterocycles. The number of methoxy groups -OCH3 is 1. The van der Waals surface area contributed by atoms with Gasteiger partial charge in [0.2, 0.25) is 5.76 Å². The summed E-state index contributed by atoms with van der Waals surface area (Å²) in [6, 6.07) is 11.6. The SMILES string of the molecule is COC(=O)C(O)=CC(=O)N(CCc1ccc(F)cc1)Cc1csc2ccc(Cl)cc12. The van der Waals surface area contributed by atoms with E-state index >= 15 is 0 Å². The molecule has 156 valence electrons. The zero-order valence-corrected chi connectivity index (χ0v) is 17.7. The van der Waals surface area contributed by atoms with Crippen molar-refractivity contribution in [3.63, 3.8) is 0 Å². The summed E-state index contributed by atoms with van der Waals surface area (Å²) in [5, 5.41) is 13.2. The van der Waals surface area contributed by atoms with Crippen LogP contribution in [-0.4, -0.2) is 35.5 Å². The van der Waals surface area contributed by atoms with Crippen molar-refractivity contribution in [3.8, 4) is 0 Å². The van der Waals surface area contributed by atoms with Gasteiger partial charge in [-0.15, -0.1) is 11.3 Å². The molecule has 0 unspecified atom stereocenters. The van der Waals surface area contributed by atoms with Gasteiger partial charge >= 0.3 is 5.97 Å². The predicted molar refractivity (Wildman–Crippen MR) is 115 cm³/mol. The minimum absolute atomic E-state index is 0.255. The van der Waals surface area contributed by atoms with Crippen molar-refractivity contribution < 1.29 is 23.8 Å². The van der Waals surface area contributed by atoms with E-state index in [4.69, 9.17) is 11.6 Å². The number of thiophene rings is 1. The molecular weight excluding hydrogens is 429 g/mol. The topological polar surface area (TPSA) is 66.8 Å². The number of nitrogens with zero attached hydrogens (tertiary/aromatic N) is 1. The first-order valence-corrected chi connectivity index (χ1v) is 10.3. The number of amides is 1. The Morgan fingerprint density at radius 1 is 1.23 bits per heavy atom. The first-order valence-electron chi connectivity index (χ1n) is 9.05. The number of fused-ring (bicyclic) bond motifs is 1. The normalized spacial score (nSPS) is 11.5. The fraction of sp³-hybridized carbons (Fsp3) is 0.182. The fourth-order valence-corrected chi connectivity index (χ4v) is 4.04. The van der Waals surface area contributed by atoms with E-state index in [1.54, 1.807) is 18.2 Å². The van der Waals surface area contributed by atoms with Crippen LogP contribution in [0.3, 0.4) is 0 Å². The number of carbonyl (C=O) groups is 2. The van der Waals surface area contributed by atoms with Crippen LogP contribution in [0.15, 0.2) is 59.7 Å². The van der Waals surface area contributed by atoms with Gasteiger partial charge in [-0.05, 0) is 58.6 Å². The summed E-state index contributed by atoms with van der Waals surface area (Å²) in [5.74, 6) is -2.64. The summed E-state index contributed by atoms with van der Waals surface area (Å²) < 4.78 is 18.6. The third-order valence-electron chi connectivity index (χ3n) is 4.53. The summed E-state index contributed by atoms with van der Waals surface area (Å²) in [7, 11) is 1.12. The van der Waals surface area contributed by atoms with Crippen LogP contribution >= 0.6 is 22.9 Å². The van der Waals surface area contributed by atoms with Gasteiger partial charge < -0.3 is 14.7 Å². The highest BCUT2D eigenvalue weighted by atomic mass is 35.5. The van der Waals surface area contributed by atoms with E-state index in [-0.39, 0.29) is 12.4 Å². The van der Waals surface area contributed by atoms with Gasteiger partial charge in [0.05, 0.1) is 13.2 Å². The Kier molecular flexibility index (Phi) is 7.07. The third kappa shape index (κ3) is 5.37. The molecule has 0 radical (unpaired) electrons. The molecule has 30 heavy (non-hydrogen) atoms. The highest BCUT2D eigenvalue weighted by Gasteiger charge is 2.18. The molecule has 2 aromatic carbocycles. The number of carbonyl (C=O) groups excluding carboxylic acids is 2. The van der Waals surface area contributed by atoms with Crippen LogP contribution < -0.4 is 0 Å². The van der Waals surface area contributed by atoms with Crippen molar-refractivity contribution in [3.05, 3.63) is 81.6 Å². The Bertz CT molecular complexity index is 1090. The van der Waals surface area contributed by atoms with E-state index in [0.29, 0.717) is 18.0 Å². The lowest BCUT2D eigenvalue weighted by atomic mass is 10.1. The van der Waals surface area contributed by atoms with E-state index in [1.165, 1.54) is 28.4 Å². The van der Waals surface area contributed by atoms with E-state index in [1.807, 2.05) is 17.5 Å². The lowest BCUT2D eigenvalue weighted by molar-refractivity contribution is -0.139. The van der Waals surface area contributed by atoms with E-state index in [9.17, 15) is 19.1 Å². The number of hydrogen-bond acceptors (Lipinski definition) is 5. The molecule has 0 saturated carbocycles. The minimum Gasteiger partial charge on any atom is -0.502 e. The lowest BCUT2D eigenvalue weighted by Gasteiger charge is -2.21. The monoisotopic (exact) mass is 447 g/mol. The molecule has 1 N–H and O–H groups in total. The number of benzene rings is 2. The summed E-state index contributed by atoms with van der Waals surface area (Å²) in [6.45, 7) is 0.554. The van der Waals surface area contributed by atoms with Crippen molar-refractivity contribution in [2.45, 2.75) is 13.0 Å². The second-order valence-electron chi connectivity index (χ2n) is 6.56. The maximum absolute atomic E-state index is 13.1. The second kappa shape index (κ2) is 9.73. The van der Waals surface area contributed by atoms with E-state index < -0.39 is 17.6 Å². The molecule has 0 fully saturated rings. The molecule has 0 saturated heterocycles. The number of esters is 1. The molecule has 5 nitrogen and oxygen atoms in total. The zero-order valence-electron chi connectivity index (χ0n) is 16.1. The number of aliphatic hydroxyl groups is 1. The van der Waals surface area contributed by atoms with Crippen molar-refractivity contribution in [1.82, 2.24) is 4.90 Å². The molecule has 1 aromatic heterocycles. The Balaban J connectivity index is 1.85. The molecule has 0 spiro atoms. The van der Waals surface area contributed by atoms with E-state index in [0.717, 1.165) is 34.4 Å². The quantitative estimate of drug-likeness (QED) is 0.318. The molecule has 0 atom stereocenters. The van der Waals surface area contributed by atoms with Gasteiger partial charge in [-0.25, -0.2) is 9.18 Å². The van der Waals surface area contributed by atoms with Crippen molar-refractivity contribution in [1.29, 1.82) is 0 Å². The molecule has 0 bridgehead atoms. The second-order valence-corrected chi connectivity index (χ2v) is 7.91. The molecule has 3 rings (SSSR count). The highest BCUT2D eigenvalue weighted by molar-refractivity contribution is 7.17. The van der Waals surface area contributed by atoms with Gasteiger partial charge in [-0.1, -0.05) is 23.7 Å². The molecule has 0 aliphatic carbocycles. The zero-order chi connectivity index (χ0) is 21.7. The predicted octanol–water partition coefficient (Wildman–Crippen LogP) is 4.88. The molecule has 0 aliphatic rings. The van der Waals surface area contributed by atoms with Crippen LogP contribution in [0.4, 0.5) is 4.39 Å². The van der Waals surface area contributed by atoms with Gasteiger partial charge in [0, 0.05) is 22.8 Å². The fourth-order valence-electron chi connectivity index (χ4n) is 2.94. The molecule has 3 aromatic rings. The van der Waals surface area contributed by atoms with Gasteiger partial charge in [0.25, 0.3) is 5.91 Å². The lowest BCUT2D eigenvalue weighted by Crippen LogP contribution is -2.31. The van der Waals surface area contributed by atoms with Crippen LogP contribution in [0, 0.1) is 5.82 Å². The van der Waals surface area contributed by atoms with Crippen molar-refractivity contribution >= 4 is 44.9 Å². The van der Waals surface area contributed by atoms with Gasteiger partial charge in [0.1, 0.15) is 5.82 Å². The average molecular weight is 448 g/mol. The maximum atomic E-state index is 13.1. The summed E-state index contributed by atoms with van der Waals surface area (Å²) >= 11 is 7.66. The van der Waals surface area contributed by atoms with Crippen LogP contribution in [0.25, 0.3) is 10.1 Å². The molecule has 1 amide bonds. The van der Waals surface area contributed by atoms with Gasteiger partial charge in [0.15, 0.2) is 0 Å². The van der Waals surface area contributed by atoms with Crippen LogP contribution in [-0.2, 0) is 27.3 Å². The minimum atomic E-state index is -0.991. The molecular formula is C22H19ClFNO4S. The largest absolute Gasteiger partial charge is 0.502 e. The maximum Gasteiger partial charge on any atom is 0.373 e. The summed E-state index contributed by atoms with van der Waals surface area (Å²) in [4.78, 5) is 25.7. The smallest absolute Gasteiger partial charge is 0.373 e. The van der Waals surface area contributed by atoms with Crippen LogP contribution in [0.1, 0.15) is 11.1 Å². The first kappa shape index (κ1) is 21.8.